The number of pyridine rings is 1. The van der Waals surface area contributed by atoms with Gasteiger partial charge in [0.05, 0.1) is 24.7 Å². The molecule has 0 bridgehead atoms. The van der Waals surface area contributed by atoms with Gasteiger partial charge in [-0.25, -0.2) is 23.1 Å². The summed E-state index contributed by atoms with van der Waals surface area (Å²) in [5, 5.41) is 7.16. The second-order valence-corrected chi connectivity index (χ2v) is 8.78. The molecule has 33 heavy (non-hydrogen) atoms. The molecule has 0 atom stereocenters. The fourth-order valence-corrected chi connectivity index (χ4v) is 4.24. The molecule has 168 valence electrons. The van der Waals surface area contributed by atoms with Crippen molar-refractivity contribution in [2.75, 3.05) is 17.1 Å². The number of hydrogen-bond acceptors (Lipinski definition) is 7. The lowest BCUT2D eigenvalue weighted by atomic mass is 10.2. The second-order valence-electron chi connectivity index (χ2n) is 6.69. The molecule has 0 aliphatic rings. The van der Waals surface area contributed by atoms with E-state index in [0.29, 0.717) is 22.0 Å². The van der Waals surface area contributed by atoms with Crippen molar-refractivity contribution in [2.45, 2.75) is 4.90 Å². The maximum Gasteiger partial charge on any atom is 0.267 e. The molecule has 0 aliphatic carbocycles. The molecule has 2 heterocycles. The molecule has 1 amide bonds. The summed E-state index contributed by atoms with van der Waals surface area (Å²) in [6.07, 6.45) is 4.20. The Morgan fingerprint density at radius 1 is 1.09 bits per heavy atom. The first-order valence-electron chi connectivity index (χ1n) is 9.44. The summed E-state index contributed by atoms with van der Waals surface area (Å²) in [6.45, 7) is 0. The first-order chi connectivity index (χ1) is 15.9. The summed E-state index contributed by atoms with van der Waals surface area (Å²) < 4.78 is 35.0. The summed E-state index contributed by atoms with van der Waals surface area (Å²) in [7, 11) is -2.78. The predicted molar refractivity (Wildman–Crippen MR) is 122 cm³/mol. The van der Waals surface area contributed by atoms with Gasteiger partial charge < -0.3 is 10.1 Å². The molecule has 0 fully saturated rings. The van der Waals surface area contributed by atoms with Crippen LogP contribution in [0.2, 0.25) is 5.02 Å². The number of ether oxygens (including phenoxy) is 1. The van der Waals surface area contributed by atoms with E-state index in [1.165, 1.54) is 48.8 Å². The first-order valence-corrected chi connectivity index (χ1v) is 11.3. The predicted octanol–water partition coefficient (Wildman–Crippen LogP) is 3.38. The highest BCUT2D eigenvalue weighted by Gasteiger charge is 2.22. The quantitative estimate of drug-likeness (QED) is 0.411. The summed E-state index contributed by atoms with van der Waals surface area (Å²) in [4.78, 5) is 20.5. The minimum atomic E-state index is -4.08. The number of anilines is 2. The fraction of sp³-hybridized carbons (Fsp3) is 0.0476. The van der Waals surface area contributed by atoms with Crippen molar-refractivity contribution < 1.29 is 17.9 Å². The molecule has 12 heteroatoms. The molecule has 2 N–H and O–H groups in total. The van der Waals surface area contributed by atoms with Gasteiger partial charge in [0, 0.05) is 16.3 Å². The Hall–Kier alpha value is -3.96. The normalized spacial score (nSPS) is 11.1. The molecule has 2 aromatic carbocycles. The van der Waals surface area contributed by atoms with Gasteiger partial charge in [0.15, 0.2) is 4.90 Å². The van der Waals surface area contributed by atoms with Crippen molar-refractivity contribution in [1.82, 2.24) is 19.7 Å². The van der Waals surface area contributed by atoms with Gasteiger partial charge in [-0.3, -0.25) is 9.52 Å². The van der Waals surface area contributed by atoms with E-state index >= 15 is 0 Å². The number of carbonyl (C=O) groups is 1. The molecule has 4 rings (SSSR count). The Bertz CT molecular complexity index is 1390. The monoisotopic (exact) mass is 484 g/mol. The average molecular weight is 485 g/mol. The maximum atomic E-state index is 13.0. The van der Waals surface area contributed by atoms with Crippen LogP contribution in [0.25, 0.3) is 5.69 Å². The molecule has 4 aromatic rings. The lowest BCUT2D eigenvalue weighted by Crippen LogP contribution is -2.17. The largest absolute Gasteiger partial charge is 0.480 e. The highest BCUT2D eigenvalue weighted by molar-refractivity contribution is 7.92. The van der Waals surface area contributed by atoms with E-state index in [1.54, 1.807) is 36.4 Å². The van der Waals surface area contributed by atoms with Crippen LogP contribution in [0.5, 0.6) is 5.88 Å². The van der Waals surface area contributed by atoms with Crippen molar-refractivity contribution >= 4 is 38.9 Å². The number of halogens is 1. The second kappa shape index (κ2) is 9.27. The fourth-order valence-electron chi connectivity index (χ4n) is 2.91. The Morgan fingerprint density at radius 2 is 1.88 bits per heavy atom. The lowest BCUT2D eigenvalue weighted by molar-refractivity contribution is 0.102. The summed E-state index contributed by atoms with van der Waals surface area (Å²) in [5.41, 5.74) is 1.45. The van der Waals surface area contributed by atoms with Crippen molar-refractivity contribution in [3.05, 3.63) is 84.0 Å². The number of sulfonamides is 1. The molecule has 0 saturated heterocycles. The summed E-state index contributed by atoms with van der Waals surface area (Å²) in [5.74, 6) is -0.583. The van der Waals surface area contributed by atoms with Crippen LogP contribution in [0.4, 0.5) is 11.4 Å². The van der Waals surface area contributed by atoms with E-state index in [0.717, 1.165) is 0 Å². The van der Waals surface area contributed by atoms with Gasteiger partial charge in [-0.05, 0) is 48.5 Å². The Morgan fingerprint density at radius 3 is 2.58 bits per heavy atom. The third kappa shape index (κ3) is 5.10. The van der Waals surface area contributed by atoms with E-state index in [2.05, 4.69) is 25.1 Å². The molecular formula is C21H17ClN6O4S. The number of benzene rings is 2. The third-order valence-corrected chi connectivity index (χ3v) is 6.07. The van der Waals surface area contributed by atoms with Crippen LogP contribution in [0, 0.1) is 0 Å². The number of nitrogens with one attached hydrogen (secondary N) is 2. The average Bonchev–Trinajstić information content (AvgIpc) is 3.36. The van der Waals surface area contributed by atoms with Crippen molar-refractivity contribution in [2.24, 2.45) is 0 Å². The van der Waals surface area contributed by atoms with Crippen molar-refractivity contribution in [1.29, 1.82) is 0 Å². The highest BCUT2D eigenvalue weighted by atomic mass is 35.5. The minimum absolute atomic E-state index is 0.123. The van der Waals surface area contributed by atoms with E-state index in [4.69, 9.17) is 16.3 Å². The highest BCUT2D eigenvalue weighted by Crippen LogP contribution is 2.27. The number of hydrogen-bond donors (Lipinski definition) is 2. The van der Waals surface area contributed by atoms with Crippen LogP contribution < -0.4 is 14.8 Å². The smallest absolute Gasteiger partial charge is 0.267 e. The van der Waals surface area contributed by atoms with E-state index in [1.807, 2.05) is 0 Å². The van der Waals surface area contributed by atoms with Crippen molar-refractivity contribution in [3.8, 4) is 11.6 Å². The SMILES string of the molecule is COc1ncc(NC(=O)c2cccc(-n3cncn3)c2)cc1S(=O)(=O)Nc1ccc(Cl)cc1. The van der Waals surface area contributed by atoms with Gasteiger partial charge in [0.25, 0.3) is 15.9 Å². The molecule has 10 nitrogen and oxygen atoms in total. The zero-order valence-electron chi connectivity index (χ0n) is 17.1. The van der Waals surface area contributed by atoms with Crippen LogP contribution in [0.1, 0.15) is 10.4 Å². The van der Waals surface area contributed by atoms with Gasteiger partial charge in [0.2, 0.25) is 5.88 Å². The number of methoxy groups -OCH3 is 1. The van der Waals surface area contributed by atoms with Crippen LogP contribution in [0.15, 0.2) is 78.3 Å². The zero-order valence-corrected chi connectivity index (χ0v) is 18.7. The summed E-state index contributed by atoms with van der Waals surface area (Å²) in [6, 6.07) is 14.1. The summed E-state index contributed by atoms with van der Waals surface area (Å²) >= 11 is 5.85. The van der Waals surface area contributed by atoms with Gasteiger partial charge in [-0.2, -0.15) is 5.10 Å². The number of carbonyl (C=O) groups excluding carboxylic acids is 1. The van der Waals surface area contributed by atoms with Gasteiger partial charge in [-0.15, -0.1) is 0 Å². The third-order valence-electron chi connectivity index (χ3n) is 4.45. The van der Waals surface area contributed by atoms with Gasteiger partial charge in [0.1, 0.15) is 12.7 Å². The van der Waals surface area contributed by atoms with E-state index < -0.39 is 15.9 Å². The molecular weight excluding hydrogens is 468 g/mol. The first kappa shape index (κ1) is 22.2. The van der Waals surface area contributed by atoms with E-state index in [9.17, 15) is 13.2 Å². The van der Waals surface area contributed by atoms with E-state index in [-0.39, 0.29) is 16.5 Å². The standard InChI is InChI=1S/C21H17ClN6O4S/c1-32-21-19(33(30,31)27-16-7-5-15(22)6-8-16)10-17(11-24-21)26-20(29)14-3-2-4-18(9-14)28-13-23-12-25-28/h2-13,27H,1H3,(H,26,29). The lowest BCUT2D eigenvalue weighted by Gasteiger charge is -2.13. The maximum absolute atomic E-state index is 13.0. The molecule has 0 spiro atoms. The minimum Gasteiger partial charge on any atom is -0.480 e. The molecule has 0 unspecified atom stereocenters. The van der Waals surface area contributed by atoms with Gasteiger partial charge >= 0.3 is 0 Å². The van der Waals surface area contributed by atoms with Crippen LogP contribution in [-0.4, -0.2) is 41.2 Å². The van der Waals surface area contributed by atoms with Crippen molar-refractivity contribution in [3.63, 3.8) is 0 Å². The van der Waals surface area contributed by atoms with Gasteiger partial charge in [-0.1, -0.05) is 17.7 Å². The molecule has 0 saturated carbocycles. The number of aromatic nitrogens is 4. The molecule has 2 aromatic heterocycles. The zero-order chi connectivity index (χ0) is 23.4. The number of amides is 1. The Kier molecular flexibility index (Phi) is 6.24. The topological polar surface area (TPSA) is 128 Å². The molecule has 0 aliphatic heterocycles. The van der Waals surface area contributed by atoms with Crippen LogP contribution >= 0.6 is 11.6 Å². The number of nitrogens with zero attached hydrogens (tertiary/aromatic N) is 4. The number of rotatable bonds is 7. The Labute approximate surface area is 194 Å². The van der Waals surface area contributed by atoms with Crippen LogP contribution in [0.3, 0.4) is 0 Å². The molecule has 0 radical (unpaired) electrons. The van der Waals surface area contributed by atoms with Crippen LogP contribution in [-0.2, 0) is 10.0 Å². The Balaban J connectivity index is 1.59.